The maximum absolute atomic E-state index is 13.3. The lowest BCUT2D eigenvalue weighted by atomic mass is 10.1. The van der Waals surface area contributed by atoms with E-state index in [4.69, 9.17) is 14.2 Å². The minimum atomic E-state index is -3.98. The first-order valence-electron chi connectivity index (χ1n) is 13.8. The smallest absolute Gasteiger partial charge is 0.284 e. The molecule has 0 unspecified atom stereocenters. The summed E-state index contributed by atoms with van der Waals surface area (Å²) in [6.45, 7) is 3.56. The minimum absolute atomic E-state index is 0.0710. The van der Waals surface area contributed by atoms with Crippen LogP contribution < -0.4 is 9.47 Å². The predicted octanol–water partition coefficient (Wildman–Crippen LogP) is 6.52. The molecule has 2 aromatic carbocycles. The van der Waals surface area contributed by atoms with E-state index in [1.54, 1.807) is 38.5 Å². The topological polar surface area (TPSA) is 94.5 Å². The van der Waals surface area contributed by atoms with Crippen molar-refractivity contribution < 1.29 is 27.4 Å². The Hall–Kier alpha value is -2.82. The Kier molecular flexibility index (Phi) is 13.0. The van der Waals surface area contributed by atoms with Crippen molar-refractivity contribution in [1.82, 2.24) is 4.90 Å². The van der Waals surface area contributed by atoms with Gasteiger partial charge in [-0.1, -0.05) is 69.7 Å². The van der Waals surface area contributed by atoms with E-state index < -0.39 is 10.0 Å². The Morgan fingerprint density at radius 2 is 1.62 bits per heavy atom. The number of amides is 1. The van der Waals surface area contributed by atoms with Gasteiger partial charge >= 0.3 is 0 Å². The van der Waals surface area contributed by atoms with Crippen LogP contribution in [0.5, 0.6) is 11.5 Å². The fourth-order valence-electron chi connectivity index (χ4n) is 4.17. The summed E-state index contributed by atoms with van der Waals surface area (Å²) in [4.78, 5) is 15.1. The third-order valence-corrected chi connectivity index (χ3v) is 8.75. The fourth-order valence-corrected chi connectivity index (χ4v) is 6.40. The number of benzene rings is 2. The van der Waals surface area contributed by atoms with Crippen molar-refractivity contribution >= 4 is 38.9 Å². The molecule has 1 aliphatic heterocycles. The van der Waals surface area contributed by atoms with Gasteiger partial charge in [-0.05, 0) is 60.5 Å². The largest absolute Gasteiger partial charge is 0.493 e. The van der Waals surface area contributed by atoms with Crippen molar-refractivity contribution in [3.8, 4) is 11.5 Å². The molecule has 0 aromatic heterocycles. The van der Waals surface area contributed by atoms with E-state index in [0.29, 0.717) is 36.0 Å². The van der Waals surface area contributed by atoms with Gasteiger partial charge in [0.2, 0.25) is 0 Å². The average molecular weight is 589 g/mol. The lowest BCUT2D eigenvalue weighted by Gasteiger charge is -2.15. The monoisotopic (exact) mass is 588 g/mol. The van der Waals surface area contributed by atoms with Gasteiger partial charge in [-0.25, -0.2) is 0 Å². The Balaban J connectivity index is 1.73. The number of methoxy groups -OCH3 is 2. The summed E-state index contributed by atoms with van der Waals surface area (Å²) in [6, 6.07) is 13.5. The van der Waals surface area contributed by atoms with Gasteiger partial charge in [-0.2, -0.15) is 8.42 Å². The Labute approximate surface area is 242 Å². The summed E-state index contributed by atoms with van der Waals surface area (Å²) < 4.78 is 46.5. The van der Waals surface area contributed by atoms with Gasteiger partial charge in [0, 0.05) is 20.3 Å². The molecule has 0 atom stereocenters. The van der Waals surface area contributed by atoms with Crippen LogP contribution in [0.3, 0.4) is 0 Å². The molecule has 3 rings (SSSR count). The molecule has 2 aromatic rings. The Morgan fingerprint density at radius 1 is 0.900 bits per heavy atom. The third-order valence-electron chi connectivity index (χ3n) is 6.35. The van der Waals surface area contributed by atoms with E-state index in [9.17, 15) is 13.2 Å². The van der Waals surface area contributed by atoms with Gasteiger partial charge in [0.15, 0.2) is 16.7 Å². The maximum Gasteiger partial charge on any atom is 0.284 e. The molecule has 0 aliphatic carbocycles. The van der Waals surface area contributed by atoms with Crippen LogP contribution in [-0.4, -0.2) is 58.4 Å². The van der Waals surface area contributed by atoms with Crippen molar-refractivity contribution in [2.45, 2.75) is 63.2 Å². The predicted molar refractivity (Wildman–Crippen MR) is 161 cm³/mol. The van der Waals surface area contributed by atoms with Crippen LogP contribution in [0.2, 0.25) is 0 Å². The molecule has 40 heavy (non-hydrogen) atoms. The summed E-state index contributed by atoms with van der Waals surface area (Å²) in [7, 11) is -0.822. The van der Waals surface area contributed by atoms with E-state index in [-0.39, 0.29) is 22.5 Å². The number of ether oxygens (including phenoxy) is 3. The van der Waals surface area contributed by atoms with E-state index in [1.807, 2.05) is 18.2 Å². The molecular weight excluding hydrogens is 548 g/mol. The SMILES string of the molecule is CCCCCCCCCOc1ccc(/C=C2\S/C(=N/S(=O)(=O)c3ccccc3)N(CCCOC)C2=O)cc1OC. The highest BCUT2D eigenvalue weighted by molar-refractivity contribution is 8.19. The minimum Gasteiger partial charge on any atom is -0.493 e. The van der Waals surface area contributed by atoms with E-state index in [2.05, 4.69) is 11.3 Å². The van der Waals surface area contributed by atoms with Gasteiger partial charge in [0.1, 0.15) is 0 Å². The molecule has 0 bridgehead atoms. The molecular formula is C30H40N2O6S2. The number of thioether (sulfide) groups is 1. The lowest BCUT2D eigenvalue weighted by Crippen LogP contribution is -2.31. The third kappa shape index (κ3) is 9.38. The number of nitrogens with zero attached hydrogens (tertiary/aromatic N) is 2. The summed E-state index contributed by atoms with van der Waals surface area (Å²) >= 11 is 1.04. The van der Waals surface area contributed by atoms with Crippen LogP contribution in [0.15, 0.2) is 62.7 Å². The molecule has 1 saturated heterocycles. The molecule has 0 radical (unpaired) electrons. The number of carbonyl (C=O) groups excluding carboxylic acids is 1. The standard InChI is InChI=1S/C30H40N2O6S2/c1-4-5-6-7-8-9-13-21-38-26-18-17-24(22-27(26)37-3)23-28-29(33)32(19-14-20-36-2)30(39-28)31-40(34,35)25-15-11-10-12-16-25/h10-12,15-18,22-23H,4-9,13-14,19-21H2,1-3H3/b28-23-,31-30+. The second-order valence-corrected chi connectivity index (χ2v) is 12.1. The molecule has 8 nitrogen and oxygen atoms in total. The maximum atomic E-state index is 13.3. The van der Waals surface area contributed by atoms with Crippen molar-refractivity contribution in [2.75, 3.05) is 34.0 Å². The number of rotatable bonds is 17. The molecule has 1 amide bonds. The van der Waals surface area contributed by atoms with Crippen LogP contribution in [0, 0.1) is 0 Å². The van der Waals surface area contributed by atoms with E-state index in [1.165, 1.54) is 49.1 Å². The second-order valence-electron chi connectivity index (χ2n) is 9.46. The number of hydrogen-bond acceptors (Lipinski definition) is 7. The van der Waals surface area contributed by atoms with Crippen LogP contribution in [0.4, 0.5) is 0 Å². The summed E-state index contributed by atoms with van der Waals surface area (Å²) in [5, 5.41) is 0.123. The highest BCUT2D eigenvalue weighted by Gasteiger charge is 2.34. The first-order valence-corrected chi connectivity index (χ1v) is 16.1. The van der Waals surface area contributed by atoms with Gasteiger partial charge in [0.05, 0.1) is 23.5 Å². The zero-order chi connectivity index (χ0) is 28.8. The molecule has 1 fully saturated rings. The van der Waals surface area contributed by atoms with Crippen molar-refractivity contribution in [3.05, 3.63) is 59.0 Å². The summed E-state index contributed by atoms with van der Waals surface area (Å²) in [6.07, 6.45) is 10.7. The normalized spacial score (nSPS) is 15.8. The number of amidine groups is 1. The zero-order valence-corrected chi connectivity index (χ0v) is 25.3. The quantitative estimate of drug-likeness (QED) is 0.153. The van der Waals surface area contributed by atoms with Crippen molar-refractivity contribution in [1.29, 1.82) is 0 Å². The zero-order valence-electron chi connectivity index (χ0n) is 23.6. The molecule has 10 heteroatoms. The molecule has 0 saturated carbocycles. The molecule has 0 N–H and O–H groups in total. The molecule has 218 valence electrons. The number of hydrogen-bond donors (Lipinski definition) is 0. The van der Waals surface area contributed by atoms with Gasteiger partial charge in [0.25, 0.3) is 15.9 Å². The average Bonchev–Trinajstić information content (AvgIpc) is 3.23. The Bertz CT molecular complexity index is 1260. The van der Waals surface area contributed by atoms with Gasteiger partial charge in [-0.15, -0.1) is 4.40 Å². The van der Waals surface area contributed by atoms with Crippen molar-refractivity contribution in [2.24, 2.45) is 4.40 Å². The molecule has 1 aliphatic rings. The number of sulfonamides is 1. The van der Waals surface area contributed by atoms with Crippen molar-refractivity contribution in [3.63, 3.8) is 0 Å². The highest BCUT2D eigenvalue weighted by atomic mass is 32.2. The summed E-state index contributed by atoms with van der Waals surface area (Å²) in [5.41, 5.74) is 0.736. The number of unbranched alkanes of at least 4 members (excludes halogenated alkanes) is 6. The summed E-state index contributed by atoms with van der Waals surface area (Å²) in [5.74, 6) is 0.921. The van der Waals surface area contributed by atoms with Crippen LogP contribution >= 0.6 is 11.8 Å². The van der Waals surface area contributed by atoms with Crippen LogP contribution in [-0.2, 0) is 19.6 Å². The first-order chi connectivity index (χ1) is 19.4. The fraction of sp³-hybridized carbons (Fsp3) is 0.467. The lowest BCUT2D eigenvalue weighted by molar-refractivity contribution is -0.122. The Morgan fingerprint density at radius 3 is 2.33 bits per heavy atom. The van der Waals surface area contributed by atoms with E-state index in [0.717, 1.165) is 30.2 Å². The van der Waals surface area contributed by atoms with Crippen LogP contribution in [0.25, 0.3) is 6.08 Å². The number of carbonyl (C=O) groups is 1. The first kappa shape index (κ1) is 31.7. The molecule has 0 spiro atoms. The van der Waals surface area contributed by atoms with E-state index >= 15 is 0 Å². The second kappa shape index (κ2) is 16.4. The van der Waals surface area contributed by atoms with Crippen LogP contribution in [0.1, 0.15) is 63.9 Å². The van der Waals surface area contributed by atoms with Gasteiger partial charge < -0.3 is 14.2 Å². The highest BCUT2D eigenvalue weighted by Crippen LogP contribution is 2.36. The van der Waals surface area contributed by atoms with Gasteiger partial charge in [-0.3, -0.25) is 9.69 Å². The molecule has 1 heterocycles.